The molecule has 0 aliphatic rings. The van der Waals surface area contributed by atoms with Crippen molar-refractivity contribution in [2.24, 2.45) is 21.5 Å². The fourth-order valence-corrected chi connectivity index (χ4v) is 0.907. The summed E-state index contributed by atoms with van der Waals surface area (Å²) >= 11 is 0. The summed E-state index contributed by atoms with van der Waals surface area (Å²) in [5.41, 5.74) is 16.2. The lowest BCUT2D eigenvalue weighted by Crippen LogP contribution is -2.50. The molecule has 0 radical (unpaired) electrons. The Hall–Kier alpha value is -1.46. The Bertz CT molecular complexity index is 249. The highest BCUT2D eigenvalue weighted by atomic mass is 15.5. The second-order valence-corrected chi connectivity index (χ2v) is 5.59. The van der Waals surface area contributed by atoms with Crippen LogP contribution in [0.2, 0.25) is 0 Å². The lowest BCUT2D eigenvalue weighted by Gasteiger charge is -2.17. The number of hydrogen-bond acceptors (Lipinski definition) is 2. The maximum Gasteiger partial charge on any atom is 0.208 e. The van der Waals surface area contributed by atoms with Crippen LogP contribution >= 0.6 is 0 Å². The van der Waals surface area contributed by atoms with Gasteiger partial charge in [0.2, 0.25) is 11.9 Å². The van der Waals surface area contributed by atoms with E-state index in [9.17, 15) is 0 Å². The summed E-state index contributed by atoms with van der Waals surface area (Å²) in [7, 11) is 0. The molecule has 6 N–H and O–H groups in total. The maximum absolute atomic E-state index is 5.64. The predicted molar refractivity (Wildman–Crippen MR) is 69.0 cm³/mol. The Morgan fingerprint density at radius 2 is 1.00 bits per heavy atom. The standard InChI is InChI=1S/C10H24N6/c1-9(2,3)13-7(11)15-16-8(12)14-10(4,5)6/h1-6H3,(H3,11,13,15)(H3,12,14,16). The molecule has 0 unspecified atom stereocenters. The minimum absolute atomic E-state index is 0.227. The Labute approximate surface area is 97.6 Å². The summed E-state index contributed by atoms with van der Waals surface area (Å²) in [6.07, 6.45) is 0. The molecule has 0 spiro atoms. The van der Waals surface area contributed by atoms with E-state index in [1.807, 2.05) is 41.5 Å². The van der Waals surface area contributed by atoms with Crippen LogP contribution in [0.4, 0.5) is 0 Å². The summed E-state index contributed by atoms with van der Waals surface area (Å²) in [5, 5.41) is 0. The lowest BCUT2D eigenvalue weighted by atomic mass is 10.1. The Morgan fingerprint density at radius 1 is 0.750 bits per heavy atom. The van der Waals surface area contributed by atoms with Crippen LogP contribution in [0.25, 0.3) is 0 Å². The first-order chi connectivity index (χ1) is 6.99. The maximum atomic E-state index is 5.64. The summed E-state index contributed by atoms with van der Waals surface area (Å²) < 4.78 is 0. The summed E-state index contributed by atoms with van der Waals surface area (Å²) in [6, 6.07) is 0. The average Bonchev–Trinajstić information content (AvgIpc) is 1.94. The zero-order valence-corrected chi connectivity index (χ0v) is 11.0. The van der Waals surface area contributed by atoms with Gasteiger partial charge in [-0.3, -0.25) is 10.9 Å². The van der Waals surface area contributed by atoms with Gasteiger partial charge in [-0.25, -0.2) is 9.98 Å². The van der Waals surface area contributed by atoms with Gasteiger partial charge in [-0.1, -0.05) is 0 Å². The molecule has 0 rings (SSSR count). The zero-order valence-electron chi connectivity index (χ0n) is 11.0. The van der Waals surface area contributed by atoms with E-state index in [4.69, 9.17) is 11.5 Å². The molecule has 0 saturated carbocycles. The van der Waals surface area contributed by atoms with Crippen molar-refractivity contribution in [3.05, 3.63) is 0 Å². The van der Waals surface area contributed by atoms with E-state index in [1.54, 1.807) is 0 Å². The van der Waals surface area contributed by atoms with Gasteiger partial charge in [-0.05, 0) is 41.5 Å². The third-order valence-electron chi connectivity index (χ3n) is 1.23. The Kier molecular flexibility index (Phi) is 4.59. The van der Waals surface area contributed by atoms with E-state index in [-0.39, 0.29) is 23.0 Å². The van der Waals surface area contributed by atoms with Crippen LogP contribution in [-0.4, -0.2) is 23.0 Å². The Balaban J connectivity index is 4.27. The summed E-state index contributed by atoms with van der Waals surface area (Å²) in [5.74, 6) is 0.555. The van der Waals surface area contributed by atoms with Crippen molar-refractivity contribution in [1.29, 1.82) is 0 Å². The number of nitrogens with zero attached hydrogens (tertiary/aromatic N) is 2. The highest BCUT2D eigenvalue weighted by molar-refractivity contribution is 5.84. The van der Waals surface area contributed by atoms with Crippen LogP contribution in [-0.2, 0) is 0 Å². The molecule has 0 fully saturated rings. The first kappa shape index (κ1) is 14.5. The molecule has 0 aromatic carbocycles. The van der Waals surface area contributed by atoms with Crippen molar-refractivity contribution in [2.75, 3.05) is 0 Å². The molecule has 0 aromatic rings. The number of nitrogens with two attached hydrogens (primary N) is 2. The largest absolute Gasteiger partial charge is 0.369 e. The van der Waals surface area contributed by atoms with Crippen LogP contribution < -0.4 is 22.3 Å². The number of hydrazine groups is 1. The van der Waals surface area contributed by atoms with Crippen LogP contribution in [0.3, 0.4) is 0 Å². The highest BCUT2D eigenvalue weighted by Gasteiger charge is 2.09. The molecular weight excluding hydrogens is 204 g/mol. The highest BCUT2D eigenvalue weighted by Crippen LogP contribution is 2.05. The molecule has 0 amide bonds. The van der Waals surface area contributed by atoms with Crippen molar-refractivity contribution in [3.63, 3.8) is 0 Å². The third-order valence-corrected chi connectivity index (χ3v) is 1.23. The molecule has 94 valence electrons. The molecule has 0 aliphatic heterocycles. The second kappa shape index (κ2) is 5.05. The number of nitrogens with one attached hydrogen (secondary N) is 2. The van der Waals surface area contributed by atoms with Crippen LogP contribution in [0.15, 0.2) is 9.98 Å². The fourth-order valence-electron chi connectivity index (χ4n) is 0.907. The molecule has 0 atom stereocenters. The van der Waals surface area contributed by atoms with Crippen LogP contribution in [0.5, 0.6) is 0 Å². The van der Waals surface area contributed by atoms with Crippen molar-refractivity contribution in [3.8, 4) is 0 Å². The molecule has 0 aromatic heterocycles. The van der Waals surface area contributed by atoms with E-state index < -0.39 is 0 Å². The summed E-state index contributed by atoms with van der Waals surface area (Å²) in [6.45, 7) is 11.7. The van der Waals surface area contributed by atoms with Gasteiger partial charge < -0.3 is 11.5 Å². The fraction of sp³-hybridized carbons (Fsp3) is 0.800. The van der Waals surface area contributed by atoms with Crippen molar-refractivity contribution < 1.29 is 0 Å². The smallest absolute Gasteiger partial charge is 0.208 e. The molecular formula is C10H24N6. The molecule has 0 saturated heterocycles. The number of hydrogen-bond donors (Lipinski definition) is 4. The van der Waals surface area contributed by atoms with Gasteiger partial charge in [0.05, 0.1) is 11.1 Å². The molecule has 16 heavy (non-hydrogen) atoms. The topological polar surface area (TPSA) is 101 Å². The summed E-state index contributed by atoms with van der Waals surface area (Å²) in [4.78, 5) is 8.38. The van der Waals surface area contributed by atoms with Crippen molar-refractivity contribution in [2.45, 2.75) is 52.6 Å². The zero-order chi connectivity index (χ0) is 13.0. The van der Waals surface area contributed by atoms with E-state index in [2.05, 4.69) is 20.8 Å². The minimum Gasteiger partial charge on any atom is -0.369 e. The lowest BCUT2D eigenvalue weighted by molar-refractivity contribution is 0.569. The quantitative estimate of drug-likeness (QED) is 0.272. The first-order valence-corrected chi connectivity index (χ1v) is 5.22. The van der Waals surface area contributed by atoms with Gasteiger partial charge in [0.15, 0.2) is 0 Å². The van der Waals surface area contributed by atoms with Gasteiger partial charge in [0.25, 0.3) is 0 Å². The van der Waals surface area contributed by atoms with Gasteiger partial charge in [-0.15, -0.1) is 0 Å². The molecule has 6 nitrogen and oxygen atoms in total. The Morgan fingerprint density at radius 3 is 1.19 bits per heavy atom. The van der Waals surface area contributed by atoms with Gasteiger partial charge >= 0.3 is 0 Å². The van der Waals surface area contributed by atoms with Crippen LogP contribution in [0, 0.1) is 0 Å². The molecule has 0 heterocycles. The molecule has 0 bridgehead atoms. The third kappa shape index (κ3) is 9.11. The van der Waals surface area contributed by atoms with Gasteiger partial charge in [-0.2, -0.15) is 0 Å². The molecule has 6 heteroatoms. The normalized spacial score (nSPS) is 14.9. The minimum atomic E-state index is -0.227. The van der Waals surface area contributed by atoms with E-state index in [0.717, 1.165) is 0 Å². The molecule has 0 aliphatic carbocycles. The van der Waals surface area contributed by atoms with E-state index in [1.165, 1.54) is 0 Å². The van der Waals surface area contributed by atoms with E-state index >= 15 is 0 Å². The van der Waals surface area contributed by atoms with Gasteiger partial charge in [0.1, 0.15) is 0 Å². The van der Waals surface area contributed by atoms with Gasteiger partial charge in [0, 0.05) is 0 Å². The van der Waals surface area contributed by atoms with Crippen molar-refractivity contribution >= 4 is 11.9 Å². The predicted octanol–water partition coefficient (Wildman–Crippen LogP) is 0.307. The van der Waals surface area contributed by atoms with Crippen molar-refractivity contribution in [1.82, 2.24) is 10.9 Å². The second-order valence-electron chi connectivity index (χ2n) is 5.59. The SMILES string of the molecule is CC(C)(C)N=C(N)NNC(N)=NC(C)(C)C. The number of aliphatic imine (C=N–C) groups is 2. The average molecular weight is 228 g/mol. The number of guanidine groups is 2. The number of rotatable bonds is 0. The van der Waals surface area contributed by atoms with Crippen LogP contribution in [0.1, 0.15) is 41.5 Å². The monoisotopic (exact) mass is 228 g/mol. The first-order valence-electron chi connectivity index (χ1n) is 5.22. The van der Waals surface area contributed by atoms with E-state index in [0.29, 0.717) is 0 Å².